The van der Waals surface area contributed by atoms with Gasteiger partial charge in [0.2, 0.25) is 0 Å². The number of amides is 1. The Morgan fingerprint density at radius 3 is 2.40 bits per heavy atom. The van der Waals surface area contributed by atoms with Gasteiger partial charge in [-0.25, -0.2) is 9.59 Å². The van der Waals surface area contributed by atoms with Crippen molar-refractivity contribution in [3.05, 3.63) is 64.9 Å². The number of rotatable bonds is 10. The van der Waals surface area contributed by atoms with Crippen molar-refractivity contribution in [2.24, 2.45) is 0 Å². The van der Waals surface area contributed by atoms with Crippen LogP contribution in [0.1, 0.15) is 48.3 Å². The van der Waals surface area contributed by atoms with Crippen LogP contribution in [0.25, 0.3) is 11.1 Å². The highest BCUT2D eigenvalue weighted by molar-refractivity contribution is 6.31. The minimum absolute atomic E-state index is 0.0415. The van der Waals surface area contributed by atoms with Crippen molar-refractivity contribution >= 4 is 35.0 Å². The van der Waals surface area contributed by atoms with Crippen LogP contribution < -0.4 is 9.80 Å². The lowest BCUT2D eigenvalue weighted by atomic mass is 9.99. The van der Waals surface area contributed by atoms with Crippen molar-refractivity contribution in [2.45, 2.75) is 38.4 Å². The fraction of sp³-hybridized carbons (Fsp3) is 0.485. The van der Waals surface area contributed by atoms with Crippen molar-refractivity contribution in [1.29, 1.82) is 0 Å². The van der Waals surface area contributed by atoms with Gasteiger partial charge in [-0.15, -0.1) is 0 Å². The molecule has 0 aliphatic carbocycles. The Hall–Kier alpha value is -3.97. The summed E-state index contributed by atoms with van der Waals surface area (Å²) in [6, 6.07) is 13.0. The summed E-state index contributed by atoms with van der Waals surface area (Å²) in [4.78, 5) is 30.6. The van der Waals surface area contributed by atoms with E-state index in [0.717, 1.165) is 33.4 Å². The second-order valence-corrected chi connectivity index (χ2v) is 11.9. The Kier molecular flexibility index (Phi) is 11.2. The molecule has 0 spiro atoms. The van der Waals surface area contributed by atoms with Crippen molar-refractivity contribution in [1.82, 2.24) is 14.7 Å². The van der Waals surface area contributed by atoms with Crippen LogP contribution in [0.15, 0.2) is 48.7 Å². The maximum Gasteiger partial charge on any atom is 0.433 e. The van der Waals surface area contributed by atoms with Gasteiger partial charge in [0.1, 0.15) is 5.56 Å². The third kappa shape index (κ3) is 8.13. The first kappa shape index (κ1) is 34.4. The van der Waals surface area contributed by atoms with Gasteiger partial charge in [-0.05, 0) is 49.6 Å². The molecule has 3 heterocycles. The fourth-order valence-corrected chi connectivity index (χ4v) is 6.28. The maximum absolute atomic E-state index is 14.2. The van der Waals surface area contributed by atoms with Crippen LogP contribution in [0.4, 0.5) is 29.3 Å². The van der Waals surface area contributed by atoms with Crippen LogP contribution in [0.2, 0.25) is 5.02 Å². The average molecular weight is 678 g/mol. The Labute approximate surface area is 276 Å². The molecular weight excluding hydrogens is 639 g/mol. The van der Waals surface area contributed by atoms with Gasteiger partial charge < -0.3 is 28.9 Å². The van der Waals surface area contributed by atoms with Crippen LogP contribution in [-0.4, -0.2) is 92.9 Å². The first-order chi connectivity index (χ1) is 22.6. The number of carbonyl (C=O) groups is 2. The van der Waals surface area contributed by atoms with E-state index in [-0.39, 0.29) is 19.2 Å². The van der Waals surface area contributed by atoms with Gasteiger partial charge in [-0.3, -0.25) is 4.68 Å². The molecule has 3 aromatic rings. The Balaban J connectivity index is 1.30. The summed E-state index contributed by atoms with van der Waals surface area (Å²) in [5, 5.41) is 4.54. The molecule has 2 fully saturated rings. The Morgan fingerprint density at radius 1 is 0.979 bits per heavy atom. The average Bonchev–Trinajstić information content (AvgIpc) is 3.54. The number of aromatic nitrogens is 2. The van der Waals surface area contributed by atoms with Gasteiger partial charge in [-0.1, -0.05) is 29.8 Å². The molecule has 1 unspecified atom stereocenters. The van der Waals surface area contributed by atoms with E-state index in [1.165, 1.54) is 0 Å². The molecule has 1 atom stereocenters. The summed E-state index contributed by atoms with van der Waals surface area (Å²) in [7, 11) is 1.61. The lowest BCUT2D eigenvalue weighted by Crippen LogP contribution is -2.49. The summed E-state index contributed by atoms with van der Waals surface area (Å²) in [6.07, 6.45) is -2.41. The van der Waals surface area contributed by atoms with Gasteiger partial charge in [0.05, 0.1) is 25.5 Å². The summed E-state index contributed by atoms with van der Waals surface area (Å²) >= 11 is 6.44. The molecule has 47 heavy (non-hydrogen) atoms. The number of halogens is 4. The molecule has 0 radical (unpaired) electrons. The molecule has 2 saturated heterocycles. The number of benzene rings is 2. The number of carbonyl (C=O) groups excluding carboxylic acids is 2. The minimum Gasteiger partial charge on any atom is -0.462 e. The van der Waals surface area contributed by atoms with Crippen LogP contribution in [0, 0.1) is 0 Å². The molecule has 1 amide bonds. The quantitative estimate of drug-likeness (QED) is 0.177. The number of ether oxygens (including phenoxy) is 3. The van der Waals surface area contributed by atoms with Gasteiger partial charge in [0.15, 0.2) is 5.69 Å². The number of esters is 1. The molecule has 10 nitrogen and oxygen atoms in total. The predicted octanol–water partition coefficient (Wildman–Crippen LogP) is 6.54. The Bertz CT molecular complexity index is 1530. The zero-order chi connectivity index (χ0) is 33.6. The van der Waals surface area contributed by atoms with Gasteiger partial charge in [0.25, 0.3) is 0 Å². The standard InChI is InChI=1S/C33H39ClF3N5O5/c1-3-46-31(43)28-21-38-42(30(28)33(35,36)37)26-6-4-13-41(22-26)29-20-24(34)9-12-27(29)23-7-10-25(11-8-23)39-14-16-40(17-15-39)32(44)47-19-5-18-45-2/h7-12,20-21,26H,3-6,13-19,22H2,1-2H3. The third-order valence-electron chi connectivity index (χ3n) is 8.40. The summed E-state index contributed by atoms with van der Waals surface area (Å²) < 4.78 is 58.8. The van der Waals surface area contributed by atoms with Gasteiger partial charge in [0, 0.05) is 81.4 Å². The minimum atomic E-state index is -4.79. The number of hydrogen-bond donors (Lipinski definition) is 0. The van der Waals surface area contributed by atoms with Crippen molar-refractivity contribution in [3.63, 3.8) is 0 Å². The monoisotopic (exact) mass is 677 g/mol. The number of piperidine rings is 1. The highest BCUT2D eigenvalue weighted by Gasteiger charge is 2.42. The molecule has 1 aromatic heterocycles. The molecule has 0 saturated carbocycles. The zero-order valence-electron chi connectivity index (χ0n) is 26.5. The van der Waals surface area contributed by atoms with E-state index in [1.807, 2.05) is 41.3 Å². The molecule has 5 rings (SSSR count). The second kappa shape index (κ2) is 15.3. The fourth-order valence-electron chi connectivity index (χ4n) is 6.12. The number of anilines is 2. The molecule has 0 N–H and O–H groups in total. The van der Waals surface area contributed by atoms with E-state index in [1.54, 1.807) is 25.0 Å². The number of nitrogens with zero attached hydrogens (tertiary/aromatic N) is 5. The van der Waals surface area contributed by atoms with Crippen LogP contribution in [0.5, 0.6) is 0 Å². The lowest BCUT2D eigenvalue weighted by molar-refractivity contribution is -0.145. The summed E-state index contributed by atoms with van der Waals surface area (Å²) in [5.74, 6) is -1.04. The normalized spacial score (nSPS) is 17.1. The zero-order valence-corrected chi connectivity index (χ0v) is 27.2. The van der Waals surface area contributed by atoms with E-state index < -0.39 is 29.4 Å². The van der Waals surface area contributed by atoms with E-state index >= 15 is 0 Å². The molecule has 0 bridgehead atoms. The smallest absolute Gasteiger partial charge is 0.433 e. The first-order valence-electron chi connectivity index (χ1n) is 15.7. The molecule has 2 aliphatic rings. The maximum atomic E-state index is 14.2. The van der Waals surface area contributed by atoms with E-state index in [9.17, 15) is 22.8 Å². The first-order valence-corrected chi connectivity index (χ1v) is 16.1. The molecular formula is C33H39ClF3N5O5. The number of alkyl halides is 3. The highest BCUT2D eigenvalue weighted by atomic mass is 35.5. The SMILES string of the molecule is CCOC(=O)c1cnn(C2CCCN(c3cc(Cl)ccc3-c3ccc(N4CCN(C(=O)OCCCOC)CC4)cc3)C2)c1C(F)(F)F. The summed E-state index contributed by atoms with van der Waals surface area (Å²) in [6.45, 7) is 5.67. The highest BCUT2D eigenvalue weighted by Crippen LogP contribution is 2.39. The van der Waals surface area contributed by atoms with E-state index in [2.05, 4.69) is 10.00 Å². The number of piperazine rings is 1. The van der Waals surface area contributed by atoms with E-state index in [4.69, 9.17) is 25.8 Å². The molecule has 14 heteroatoms. The second-order valence-electron chi connectivity index (χ2n) is 11.5. The predicted molar refractivity (Wildman–Crippen MR) is 172 cm³/mol. The largest absolute Gasteiger partial charge is 0.462 e. The molecule has 2 aromatic carbocycles. The van der Waals surface area contributed by atoms with Gasteiger partial charge >= 0.3 is 18.2 Å². The Morgan fingerprint density at radius 2 is 1.72 bits per heavy atom. The third-order valence-corrected chi connectivity index (χ3v) is 8.64. The topological polar surface area (TPSA) is 89.4 Å². The number of methoxy groups -OCH3 is 1. The number of hydrogen-bond acceptors (Lipinski definition) is 8. The van der Waals surface area contributed by atoms with Crippen molar-refractivity contribution in [3.8, 4) is 11.1 Å². The lowest BCUT2D eigenvalue weighted by Gasteiger charge is -2.36. The molecule has 2 aliphatic heterocycles. The van der Waals surface area contributed by atoms with Crippen LogP contribution >= 0.6 is 11.6 Å². The van der Waals surface area contributed by atoms with Crippen LogP contribution in [-0.2, 0) is 20.4 Å². The summed E-state index contributed by atoms with van der Waals surface area (Å²) in [5.41, 5.74) is 1.97. The van der Waals surface area contributed by atoms with Gasteiger partial charge in [-0.2, -0.15) is 18.3 Å². The van der Waals surface area contributed by atoms with E-state index in [0.29, 0.717) is 70.2 Å². The molecule has 254 valence electrons. The van der Waals surface area contributed by atoms with Crippen LogP contribution in [0.3, 0.4) is 0 Å². The van der Waals surface area contributed by atoms with Crippen molar-refractivity contribution < 1.29 is 37.0 Å². The van der Waals surface area contributed by atoms with Crippen molar-refractivity contribution in [2.75, 3.05) is 76.0 Å².